The highest BCUT2D eigenvalue weighted by Gasteiger charge is 2.28. The predicted octanol–water partition coefficient (Wildman–Crippen LogP) is 3.94. The minimum absolute atomic E-state index is 0.000139. The van der Waals surface area contributed by atoms with E-state index in [1.165, 1.54) is 5.56 Å². The SMILES string of the molecule is O=Cc1cc(-c2ccccc2C2CC2)cc([N+](=O)[O-])c1C1=CCNC1. The van der Waals surface area contributed by atoms with Crippen LogP contribution in [0.5, 0.6) is 0 Å². The molecule has 1 N–H and O–H groups in total. The summed E-state index contributed by atoms with van der Waals surface area (Å²) in [6, 6.07) is 11.4. The maximum Gasteiger partial charge on any atom is 0.278 e. The number of rotatable bonds is 5. The molecule has 0 saturated heterocycles. The highest BCUT2D eigenvalue weighted by molar-refractivity contribution is 5.93. The molecule has 0 radical (unpaired) electrons. The quantitative estimate of drug-likeness (QED) is 0.511. The standard InChI is InChI=1S/C20H18N2O3/c23-12-16-9-15(18-4-2-1-3-17(18)13-5-6-13)10-19(22(24)25)20(16)14-7-8-21-11-14/h1-4,7,9-10,12-13,21H,5-6,8,11H2. The zero-order valence-corrected chi connectivity index (χ0v) is 13.7. The molecule has 1 aliphatic carbocycles. The van der Waals surface area contributed by atoms with Crippen molar-refractivity contribution in [1.29, 1.82) is 0 Å². The van der Waals surface area contributed by atoms with E-state index in [-0.39, 0.29) is 10.6 Å². The monoisotopic (exact) mass is 334 g/mol. The van der Waals surface area contributed by atoms with Crippen molar-refractivity contribution >= 4 is 17.5 Å². The molecule has 0 aromatic heterocycles. The Hall–Kier alpha value is -2.79. The molecule has 4 rings (SSSR count). The summed E-state index contributed by atoms with van der Waals surface area (Å²) in [7, 11) is 0. The molecule has 0 unspecified atom stereocenters. The van der Waals surface area contributed by atoms with Crippen LogP contribution < -0.4 is 5.32 Å². The van der Waals surface area contributed by atoms with Crippen LogP contribution in [0.2, 0.25) is 0 Å². The van der Waals surface area contributed by atoms with Gasteiger partial charge >= 0.3 is 0 Å². The van der Waals surface area contributed by atoms with Crippen LogP contribution in [0.3, 0.4) is 0 Å². The number of benzene rings is 2. The molecule has 0 amide bonds. The molecular formula is C20H18N2O3. The lowest BCUT2D eigenvalue weighted by Crippen LogP contribution is -2.09. The average molecular weight is 334 g/mol. The summed E-state index contributed by atoms with van der Waals surface area (Å²) >= 11 is 0. The molecule has 126 valence electrons. The molecule has 5 heteroatoms. The second-order valence-electron chi connectivity index (χ2n) is 6.56. The van der Waals surface area contributed by atoms with Gasteiger partial charge in [-0.05, 0) is 47.1 Å². The van der Waals surface area contributed by atoms with Gasteiger partial charge in [0.25, 0.3) is 5.69 Å². The highest BCUT2D eigenvalue weighted by Crippen LogP contribution is 2.45. The van der Waals surface area contributed by atoms with Crippen LogP contribution in [0.15, 0.2) is 42.5 Å². The van der Waals surface area contributed by atoms with Crippen LogP contribution >= 0.6 is 0 Å². The number of hydrogen-bond acceptors (Lipinski definition) is 4. The first-order valence-corrected chi connectivity index (χ1v) is 8.46. The van der Waals surface area contributed by atoms with Crippen molar-refractivity contribution < 1.29 is 9.72 Å². The smallest absolute Gasteiger partial charge is 0.278 e. The predicted molar refractivity (Wildman–Crippen MR) is 96.7 cm³/mol. The molecule has 5 nitrogen and oxygen atoms in total. The molecule has 0 spiro atoms. The van der Waals surface area contributed by atoms with E-state index in [0.717, 1.165) is 35.8 Å². The van der Waals surface area contributed by atoms with Crippen molar-refractivity contribution in [2.75, 3.05) is 13.1 Å². The van der Waals surface area contributed by atoms with Gasteiger partial charge in [-0.15, -0.1) is 0 Å². The van der Waals surface area contributed by atoms with Crippen molar-refractivity contribution in [1.82, 2.24) is 5.32 Å². The summed E-state index contributed by atoms with van der Waals surface area (Å²) in [5.74, 6) is 0.524. The van der Waals surface area contributed by atoms with Crippen molar-refractivity contribution in [3.63, 3.8) is 0 Å². The van der Waals surface area contributed by atoms with Crippen LogP contribution in [0.1, 0.15) is 40.2 Å². The maximum absolute atomic E-state index is 11.7. The lowest BCUT2D eigenvalue weighted by molar-refractivity contribution is -0.385. The van der Waals surface area contributed by atoms with E-state index in [0.29, 0.717) is 30.1 Å². The number of nitro groups is 1. The Labute approximate surface area is 145 Å². The Morgan fingerprint density at radius 3 is 2.64 bits per heavy atom. The first-order valence-electron chi connectivity index (χ1n) is 8.46. The van der Waals surface area contributed by atoms with E-state index >= 15 is 0 Å². The fraction of sp³-hybridized carbons (Fsp3) is 0.250. The summed E-state index contributed by atoms with van der Waals surface area (Å²) < 4.78 is 0. The lowest BCUT2D eigenvalue weighted by atomic mass is 9.91. The molecule has 1 heterocycles. The van der Waals surface area contributed by atoms with Gasteiger partial charge in [-0.1, -0.05) is 30.3 Å². The highest BCUT2D eigenvalue weighted by atomic mass is 16.6. The molecule has 1 fully saturated rings. The average Bonchev–Trinajstić information content (AvgIpc) is 3.35. The van der Waals surface area contributed by atoms with Gasteiger partial charge in [0.1, 0.15) is 0 Å². The van der Waals surface area contributed by atoms with Crippen molar-refractivity contribution in [3.8, 4) is 11.1 Å². The number of carbonyl (C=O) groups excluding carboxylic acids is 1. The number of nitrogens with one attached hydrogen (secondary N) is 1. The van der Waals surface area contributed by atoms with E-state index in [1.807, 2.05) is 24.3 Å². The fourth-order valence-corrected chi connectivity index (χ4v) is 3.57. The second-order valence-corrected chi connectivity index (χ2v) is 6.56. The molecular weight excluding hydrogens is 316 g/mol. The molecule has 2 aromatic carbocycles. The van der Waals surface area contributed by atoms with E-state index in [1.54, 1.807) is 12.1 Å². The zero-order chi connectivity index (χ0) is 17.4. The fourth-order valence-electron chi connectivity index (χ4n) is 3.57. The van der Waals surface area contributed by atoms with Crippen molar-refractivity contribution in [2.45, 2.75) is 18.8 Å². The minimum atomic E-state index is -0.384. The molecule has 2 aliphatic rings. The lowest BCUT2D eigenvalue weighted by Gasteiger charge is -2.13. The molecule has 25 heavy (non-hydrogen) atoms. The van der Waals surface area contributed by atoms with Gasteiger partial charge in [-0.3, -0.25) is 14.9 Å². The van der Waals surface area contributed by atoms with Crippen LogP contribution in [-0.4, -0.2) is 24.3 Å². The third-order valence-corrected chi connectivity index (χ3v) is 4.89. The van der Waals surface area contributed by atoms with Gasteiger partial charge in [-0.25, -0.2) is 0 Å². The molecule has 0 bridgehead atoms. The summed E-state index contributed by atoms with van der Waals surface area (Å²) in [5.41, 5.74) is 4.58. The van der Waals surface area contributed by atoms with E-state index < -0.39 is 0 Å². The van der Waals surface area contributed by atoms with E-state index in [4.69, 9.17) is 0 Å². The second kappa shape index (κ2) is 6.26. The Morgan fingerprint density at radius 1 is 1.20 bits per heavy atom. The van der Waals surface area contributed by atoms with Gasteiger partial charge in [-0.2, -0.15) is 0 Å². The van der Waals surface area contributed by atoms with E-state index in [9.17, 15) is 14.9 Å². The normalized spacial score (nSPS) is 16.6. The Balaban J connectivity index is 1.92. The van der Waals surface area contributed by atoms with Gasteiger partial charge < -0.3 is 5.32 Å². The topological polar surface area (TPSA) is 72.2 Å². The number of nitrogens with zero attached hydrogens (tertiary/aromatic N) is 1. The first kappa shape index (κ1) is 15.7. The van der Waals surface area contributed by atoms with Crippen molar-refractivity contribution in [2.24, 2.45) is 0 Å². The first-order chi connectivity index (χ1) is 12.2. The Kier molecular flexibility index (Phi) is 3.93. The van der Waals surface area contributed by atoms with Gasteiger partial charge in [0.2, 0.25) is 0 Å². The van der Waals surface area contributed by atoms with Crippen LogP contribution in [0.4, 0.5) is 5.69 Å². The summed E-state index contributed by atoms with van der Waals surface area (Å²) in [6.45, 7) is 1.21. The van der Waals surface area contributed by atoms with Gasteiger partial charge in [0.15, 0.2) is 6.29 Å². The number of hydrogen-bond donors (Lipinski definition) is 1. The van der Waals surface area contributed by atoms with E-state index in [2.05, 4.69) is 11.4 Å². The minimum Gasteiger partial charge on any atom is -0.309 e. The van der Waals surface area contributed by atoms with Crippen molar-refractivity contribution in [3.05, 3.63) is 69.3 Å². The Morgan fingerprint density at radius 2 is 2.00 bits per heavy atom. The Bertz CT molecular complexity index is 898. The van der Waals surface area contributed by atoms with Crippen LogP contribution in [0, 0.1) is 10.1 Å². The number of carbonyl (C=O) groups is 1. The molecule has 1 aliphatic heterocycles. The number of aldehydes is 1. The number of nitro benzene ring substituents is 1. The molecule has 0 atom stereocenters. The van der Waals surface area contributed by atoms with Gasteiger partial charge in [0.05, 0.1) is 10.5 Å². The summed E-state index contributed by atoms with van der Waals surface area (Å²) in [4.78, 5) is 23.0. The molecule has 2 aromatic rings. The van der Waals surface area contributed by atoms with Crippen LogP contribution in [-0.2, 0) is 0 Å². The van der Waals surface area contributed by atoms with Crippen LogP contribution in [0.25, 0.3) is 16.7 Å². The molecule has 1 saturated carbocycles. The third-order valence-electron chi connectivity index (χ3n) is 4.89. The van der Waals surface area contributed by atoms with Gasteiger partial charge in [0, 0.05) is 24.7 Å². The summed E-state index contributed by atoms with van der Waals surface area (Å²) in [6.07, 6.45) is 4.93. The zero-order valence-electron chi connectivity index (χ0n) is 13.7. The maximum atomic E-state index is 11.7. The largest absolute Gasteiger partial charge is 0.309 e. The summed E-state index contributed by atoms with van der Waals surface area (Å²) in [5, 5.41) is 14.8. The third kappa shape index (κ3) is 2.87.